The van der Waals surface area contributed by atoms with Crippen LogP contribution in [0.5, 0.6) is 0 Å². The van der Waals surface area contributed by atoms with E-state index >= 15 is 0 Å². The number of terminal acetylenes is 1. The number of amides is 2. The summed E-state index contributed by atoms with van der Waals surface area (Å²) in [6.45, 7) is 0.516. The van der Waals surface area contributed by atoms with Crippen LogP contribution in [0.1, 0.15) is 0 Å². The molecule has 0 atom stereocenters. The first-order valence-electron chi connectivity index (χ1n) is 3.92. The summed E-state index contributed by atoms with van der Waals surface area (Å²) in [6, 6.07) is 0. The Bertz CT molecular complexity index is 301. The first-order valence-corrected chi connectivity index (χ1v) is 5.07. The molecule has 0 aromatic carbocycles. The number of carbonyl (C=O) groups excluding carboxylic acids is 2. The summed E-state index contributed by atoms with van der Waals surface area (Å²) in [7, 11) is 0. The second-order valence-corrected chi connectivity index (χ2v) is 3.50. The predicted molar refractivity (Wildman–Crippen MR) is 54.7 cm³/mol. The van der Waals surface area contributed by atoms with Crippen molar-refractivity contribution in [2.24, 2.45) is 4.99 Å². The minimum atomic E-state index is -0.667. The minimum Gasteiger partial charge on any atom is -0.288 e. The number of nitrogens with zero attached hydrogens (tertiary/aromatic N) is 1. The Kier molecular flexibility index (Phi) is 4.01. The molecule has 1 aliphatic heterocycles. The van der Waals surface area contributed by atoms with Gasteiger partial charge in [0.15, 0.2) is 0 Å². The lowest BCUT2D eigenvalue weighted by molar-refractivity contribution is -0.135. The van der Waals surface area contributed by atoms with Gasteiger partial charge in [-0.2, -0.15) is 0 Å². The second-order valence-electron chi connectivity index (χ2n) is 2.40. The Morgan fingerprint density at radius 3 is 2.57 bits per heavy atom. The molecule has 0 unspecified atom stereocenters. The molecule has 0 saturated carbocycles. The Balaban J connectivity index is 2.23. The molecule has 0 bridgehead atoms. The third kappa shape index (κ3) is 3.11. The maximum absolute atomic E-state index is 10.7. The summed E-state index contributed by atoms with van der Waals surface area (Å²) in [5.74, 6) is 2.78. The van der Waals surface area contributed by atoms with E-state index in [2.05, 4.69) is 21.5 Å². The van der Waals surface area contributed by atoms with Gasteiger partial charge in [0, 0.05) is 5.75 Å². The molecule has 2 amide bonds. The highest BCUT2D eigenvalue weighted by molar-refractivity contribution is 7.99. The molecular weight excluding hydrogens is 202 g/mol. The smallest absolute Gasteiger partial charge is 0.288 e. The SMILES string of the molecule is C#CCSCCN=C1NC(=O)C(=O)N1. The monoisotopic (exact) mass is 211 g/mol. The van der Waals surface area contributed by atoms with Gasteiger partial charge in [-0.15, -0.1) is 18.2 Å². The lowest BCUT2D eigenvalue weighted by atomic mass is 10.6. The molecule has 6 heteroatoms. The topological polar surface area (TPSA) is 70.6 Å². The van der Waals surface area contributed by atoms with Gasteiger partial charge >= 0.3 is 11.8 Å². The molecule has 0 aromatic heterocycles. The lowest BCUT2D eigenvalue weighted by Crippen LogP contribution is -2.26. The van der Waals surface area contributed by atoms with Crippen molar-refractivity contribution in [1.82, 2.24) is 10.6 Å². The Labute approximate surface area is 85.7 Å². The average Bonchev–Trinajstić information content (AvgIpc) is 2.46. The van der Waals surface area contributed by atoms with E-state index in [1.807, 2.05) is 0 Å². The number of hydrogen-bond donors (Lipinski definition) is 2. The first kappa shape index (κ1) is 10.6. The van der Waals surface area contributed by atoms with Crippen molar-refractivity contribution in [3.8, 4) is 12.3 Å². The Morgan fingerprint density at radius 2 is 2.00 bits per heavy atom. The highest BCUT2D eigenvalue weighted by atomic mass is 32.2. The summed E-state index contributed by atoms with van der Waals surface area (Å²) in [6.07, 6.45) is 5.05. The number of thioether (sulfide) groups is 1. The van der Waals surface area contributed by atoms with Crippen molar-refractivity contribution < 1.29 is 9.59 Å². The number of hydrogen-bond acceptors (Lipinski definition) is 4. The molecule has 74 valence electrons. The first-order chi connectivity index (χ1) is 6.74. The maximum atomic E-state index is 10.7. The molecule has 5 nitrogen and oxygen atoms in total. The third-order valence-corrected chi connectivity index (χ3v) is 2.20. The van der Waals surface area contributed by atoms with E-state index in [-0.39, 0.29) is 5.96 Å². The average molecular weight is 211 g/mol. The summed E-state index contributed by atoms with van der Waals surface area (Å²) in [4.78, 5) is 25.3. The molecule has 1 saturated heterocycles. The van der Waals surface area contributed by atoms with E-state index < -0.39 is 11.8 Å². The quantitative estimate of drug-likeness (QED) is 0.354. The van der Waals surface area contributed by atoms with Gasteiger partial charge in [-0.25, -0.2) is 0 Å². The number of guanidine groups is 1. The van der Waals surface area contributed by atoms with Crippen LogP contribution in [-0.4, -0.2) is 35.8 Å². The highest BCUT2D eigenvalue weighted by Crippen LogP contribution is 1.97. The van der Waals surface area contributed by atoms with Crippen LogP contribution < -0.4 is 10.6 Å². The predicted octanol–water partition coefficient (Wildman–Crippen LogP) is -1.05. The van der Waals surface area contributed by atoms with E-state index in [1.54, 1.807) is 11.8 Å². The van der Waals surface area contributed by atoms with Crippen LogP contribution in [0.4, 0.5) is 0 Å². The van der Waals surface area contributed by atoms with Crippen LogP contribution in [0.2, 0.25) is 0 Å². The van der Waals surface area contributed by atoms with Gasteiger partial charge in [0.25, 0.3) is 0 Å². The van der Waals surface area contributed by atoms with Gasteiger partial charge in [-0.05, 0) is 0 Å². The van der Waals surface area contributed by atoms with Gasteiger partial charge < -0.3 is 0 Å². The summed E-state index contributed by atoms with van der Waals surface area (Å²) < 4.78 is 0. The van der Waals surface area contributed by atoms with E-state index in [9.17, 15) is 9.59 Å². The van der Waals surface area contributed by atoms with Crippen molar-refractivity contribution in [2.75, 3.05) is 18.1 Å². The van der Waals surface area contributed by atoms with Crippen molar-refractivity contribution in [2.45, 2.75) is 0 Å². The van der Waals surface area contributed by atoms with Gasteiger partial charge in [0.1, 0.15) is 0 Å². The molecule has 1 aliphatic rings. The van der Waals surface area contributed by atoms with Crippen molar-refractivity contribution in [3.05, 3.63) is 0 Å². The molecule has 0 aromatic rings. The highest BCUT2D eigenvalue weighted by Gasteiger charge is 2.24. The molecule has 2 N–H and O–H groups in total. The molecule has 0 radical (unpaired) electrons. The zero-order valence-electron chi connectivity index (χ0n) is 7.37. The van der Waals surface area contributed by atoms with Crippen molar-refractivity contribution in [1.29, 1.82) is 0 Å². The van der Waals surface area contributed by atoms with Crippen LogP contribution in [0.25, 0.3) is 0 Å². The number of carbonyl (C=O) groups is 2. The molecule has 1 fully saturated rings. The molecule has 14 heavy (non-hydrogen) atoms. The lowest BCUT2D eigenvalue weighted by Gasteiger charge is -1.95. The van der Waals surface area contributed by atoms with Crippen LogP contribution in [0.3, 0.4) is 0 Å². The number of aliphatic imine (C=N–C) groups is 1. The largest absolute Gasteiger partial charge is 0.316 e. The zero-order valence-corrected chi connectivity index (χ0v) is 8.19. The zero-order chi connectivity index (χ0) is 10.4. The summed E-state index contributed by atoms with van der Waals surface area (Å²) >= 11 is 1.57. The number of nitrogens with one attached hydrogen (secondary N) is 2. The second kappa shape index (κ2) is 5.29. The van der Waals surface area contributed by atoms with Crippen LogP contribution in [0.15, 0.2) is 4.99 Å². The van der Waals surface area contributed by atoms with E-state index in [0.29, 0.717) is 12.3 Å². The van der Waals surface area contributed by atoms with E-state index in [1.165, 1.54) is 0 Å². The van der Waals surface area contributed by atoms with Crippen LogP contribution in [0, 0.1) is 12.3 Å². The van der Waals surface area contributed by atoms with Gasteiger partial charge in [0.2, 0.25) is 5.96 Å². The molecule has 1 heterocycles. The fraction of sp³-hybridized carbons (Fsp3) is 0.375. The standard InChI is InChI=1S/C8H9N3O2S/c1-2-4-14-5-3-9-8-10-6(12)7(13)11-8/h1H,3-5H2,(H2,9,10,11,12,13). The molecule has 1 rings (SSSR count). The summed E-state index contributed by atoms with van der Waals surface area (Å²) in [5, 5.41) is 4.59. The van der Waals surface area contributed by atoms with Gasteiger partial charge in [-0.1, -0.05) is 5.92 Å². The molecule has 0 aliphatic carbocycles. The van der Waals surface area contributed by atoms with E-state index in [0.717, 1.165) is 5.75 Å². The van der Waals surface area contributed by atoms with Gasteiger partial charge in [0.05, 0.1) is 12.3 Å². The van der Waals surface area contributed by atoms with Crippen molar-refractivity contribution >= 4 is 29.5 Å². The minimum absolute atomic E-state index is 0.223. The van der Waals surface area contributed by atoms with Crippen molar-refractivity contribution in [3.63, 3.8) is 0 Å². The number of rotatable bonds is 4. The Hall–Kier alpha value is -1.48. The third-order valence-electron chi connectivity index (χ3n) is 1.36. The summed E-state index contributed by atoms with van der Waals surface area (Å²) in [5.41, 5.74) is 0. The molecule has 0 spiro atoms. The van der Waals surface area contributed by atoms with Crippen LogP contribution in [-0.2, 0) is 9.59 Å². The van der Waals surface area contributed by atoms with E-state index in [4.69, 9.17) is 6.42 Å². The fourth-order valence-corrected chi connectivity index (χ4v) is 1.27. The fourth-order valence-electron chi connectivity index (χ4n) is 0.792. The maximum Gasteiger partial charge on any atom is 0.316 e. The van der Waals surface area contributed by atoms with Gasteiger partial charge in [-0.3, -0.25) is 25.2 Å². The van der Waals surface area contributed by atoms with Crippen LogP contribution >= 0.6 is 11.8 Å². The molecular formula is C8H9N3O2S. The Morgan fingerprint density at radius 1 is 1.36 bits per heavy atom. The normalized spacial score (nSPS) is 14.6.